The maximum atomic E-state index is 4.74. The SMILES string of the molecule is Cc1cc2nc(NC(C)C(C)C)c3ccccc3n2n1. The molecule has 0 saturated carbocycles. The molecule has 2 aromatic heterocycles. The standard InChI is InChI=1S/C16H20N4/c1-10(2)12(4)17-16-13-7-5-6-8-14(13)20-15(18-16)9-11(3)19-20/h5-10,12H,1-4H3,(H,17,18). The van der Waals surface area contributed by atoms with E-state index < -0.39 is 0 Å². The number of fused-ring (bicyclic) bond motifs is 3. The first-order valence-electron chi connectivity index (χ1n) is 7.08. The van der Waals surface area contributed by atoms with E-state index in [9.17, 15) is 0 Å². The molecule has 4 heteroatoms. The summed E-state index contributed by atoms with van der Waals surface area (Å²) in [6.45, 7) is 8.60. The fourth-order valence-corrected chi connectivity index (χ4v) is 2.27. The molecule has 0 aliphatic rings. The van der Waals surface area contributed by atoms with Gasteiger partial charge in [-0.2, -0.15) is 5.10 Å². The van der Waals surface area contributed by atoms with Crippen molar-refractivity contribution in [3.05, 3.63) is 36.0 Å². The van der Waals surface area contributed by atoms with Crippen LogP contribution < -0.4 is 5.32 Å². The number of para-hydroxylation sites is 1. The Bertz CT molecular complexity index is 758. The maximum Gasteiger partial charge on any atom is 0.158 e. The highest BCUT2D eigenvalue weighted by Crippen LogP contribution is 2.24. The topological polar surface area (TPSA) is 42.2 Å². The van der Waals surface area contributed by atoms with Crippen LogP contribution in [-0.4, -0.2) is 20.6 Å². The van der Waals surface area contributed by atoms with Crippen LogP contribution in [0.2, 0.25) is 0 Å². The Balaban J connectivity index is 2.23. The lowest BCUT2D eigenvalue weighted by Gasteiger charge is -2.19. The summed E-state index contributed by atoms with van der Waals surface area (Å²) in [5.41, 5.74) is 2.96. The van der Waals surface area contributed by atoms with Crippen LogP contribution in [0.15, 0.2) is 30.3 Å². The lowest BCUT2D eigenvalue weighted by atomic mass is 10.1. The molecule has 0 aliphatic carbocycles. The van der Waals surface area contributed by atoms with Crippen molar-refractivity contribution in [3.8, 4) is 0 Å². The van der Waals surface area contributed by atoms with E-state index in [1.165, 1.54) is 0 Å². The van der Waals surface area contributed by atoms with Crippen LogP contribution in [0.1, 0.15) is 26.5 Å². The second-order valence-corrected chi connectivity index (χ2v) is 5.71. The fourth-order valence-electron chi connectivity index (χ4n) is 2.27. The summed E-state index contributed by atoms with van der Waals surface area (Å²) in [7, 11) is 0. The number of anilines is 1. The molecule has 0 fully saturated rings. The van der Waals surface area contributed by atoms with Gasteiger partial charge in [-0.1, -0.05) is 26.0 Å². The normalized spacial score (nSPS) is 13.2. The molecule has 3 aromatic rings. The Hall–Kier alpha value is -2.10. The van der Waals surface area contributed by atoms with Gasteiger partial charge in [0.1, 0.15) is 5.82 Å². The number of nitrogens with zero attached hydrogens (tertiary/aromatic N) is 3. The second-order valence-electron chi connectivity index (χ2n) is 5.71. The zero-order valence-electron chi connectivity index (χ0n) is 12.4. The first-order valence-corrected chi connectivity index (χ1v) is 7.08. The number of rotatable bonds is 3. The first-order chi connectivity index (χ1) is 9.56. The number of aryl methyl sites for hydroxylation is 1. The molecule has 1 atom stereocenters. The summed E-state index contributed by atoms with van der Waals surface area (Å²) in [6, 6.07) is 10.6. The lowest BCUT2D eigenvalue weighted by Crippen LogP contribution is -2.22. The van der Waals surface area contributed by atoms with Crippen molar-refractivity contribution >= 4 is 22.4 Å². The quantitative estimate of drug-likeness (QED) is 0.788. The van der Waals surface area contributed by atoms with Gasteiger partial charge in [-0.15, -0.1) is 0 Å². The summed E-state index contributed by atoms with van der Waals surface area (Å²) in [5.74, 6) is 1.49. The molecule has 0 aliphatic heterocycles. The lowest BCUT2D eigenvalue weighted by molar-refractivity contribution is 0.559. The van der Waals surface area contributed by atoms with Crippen molar-refractivity contribution < 1.29 is 0 Å². The molecule has 4 nitrogen and oxygen atoms in total. The van der Waals surface area contributed by atoms with E-state index in [1.54, 1.807) is 0 Å². The van der Waals surface area contributed by atoms with E-state index in [2.05, 4.69) is 43.3 Å². The average molecular weight is 268 g/mol. The molecule has 0 bridgehead atoms. The molecule has 20 heavy (non-hydrogen) atoms. The summed E-state index contributed by atoms with van der Waals surface area (Å²) < 4.78 is 1.91. The van der Waals surface area contributed by atoms with Crippen LogP contribution in [0.25, 0.3) is 16.6 Å². The van der Waals surface area contributed by atoms with Gasteiger partial charge in [0, 0.05) is 17.5 Å². The average Bonchev–Trinajstić information content (AvgIpc) is 2.79. The van der Waals surface area contributed by atoms with Gasteiger partial charge in [0.15, 0.2) is 5.65 Å². The van der Waals surface area contributed by atoms with Gasteiger partial charge < -0.3 is 5.32 Å². The highest BCUT2D eigenvalue weighted by molar-refractivity contribution is 5.91. The van der Waals surface area contributed by atoms with E-state index in [0.717, 1.165) is 28.1 Å². The third kappa shape index (κ3) is 2.11. The molecule has 0 amide bonds. The Kier molecular flexibility index (Phi) is 3.08. The van der Waals surface area contributed by atoms with Crippen molar-refractivity contribution in [1.82, 2.24) is 14.6 Å². The van der Waals surface area contributed by atoms with E-state index in [4.69, 9.17) is 4.98 Å². The van der Waals surface area contributed by atoms with Crippen LogP contribution in [0.4, 0.5) is 5.82 Å². The molecule has 2 heterocycles. The van der Waals surface area contributed by atoms with E-state index in [-0.39, 0.29) is 0 Å². The van der Waals surface area contributed by atoms with Crippen molar-refractivity contribution in [2.75, 3.05) is 5.32 Å². The van der Waals surface area contributed by atoms with Crippen LogP contribution in [0.5, 0.6) is 0 Å². The minimum atomic E-state index is 0.373. The predicted molar refractivity (Wildman–Crippen MR) is 83.2 cm³/mol. The van der Waals surface area contributed by atoms with E-state index in [1.807, 2.05) is 29.6 Å². The molecule has 0 spiro atoms. The molecule has 3 rings (SSSR count). The minimum Gasteiger partial charge on any atom is -0.367 e. The summed E-state index contributed by atoms with van der Waals surface area (Å²) in [6.07, 6.45) is 0. The zero-order valence-corrected chi connectivity index (χ0v) is 12.4. The molecule has 0 radical (unpaired) electrons. The minimum absolute atomic E-state index is 0.373. The second kappa shape index (κ2) is 4.78. The van der Waals surface area contributed by atoms with Crippen LogP contribution in [0, 0.1) is 12.8 Å². The highest BCUT2D eigenvalue weighted by Gasteiger charge is 2.13. The molecular formula is C16H20N4. The van der Waals surface area contributed by atoms with Crippen LogP contribution in [-0.2, 0) is 0 Å². The summed E-state index contributed by atoms with van der Waals surface area (Å²) >= 11 is 0. The van der Waals surface area contributed by atoms with Crippen molar-refractivity contribution in [3.63, 3.8) is 0 Å². The van der Waals surface area contributed by atoms with Crippen molar-refractivity contribution in [2.45, 2.75) is 33.7 Å². The Morgan fingerprint density at radius 2 is 1.90 bits per heavy atom. The number of hydrogen-bond acceptors (Lipinski definition) is 3. The molecule has 1 N–H and O–H groups in total. The number of aromatic nitrogens is 3. The van der Waals surface area contributed by atoms with Gasteiger partial charge in [-0.25, -0.2) is 9.50 Å². The van der Waals surface area contributed by atoms with Crippen molar-refractivity contribution in [2.24, 2.45) is 5.92 Å². The smallest absolute Gasteiger partial charge is 0.158 e. The fraction of sp³-hybridized carbons (Fsp3) is 0.375. The third-order valence-corrected chi connectivity index (χ3v) is 3.79. The van der Waals surface area contributed by atoms with E-state index >= 15 is 0 Å². The van der Waals surface area contributed by atoms with Gasteiger partial charge in [0.25, 0.3) is 0 Å². The molecule has 1 unspecified atom stereocenters. The van der Waals surface area contributed by atoms with Gasteiger partial charge in [0.05, 0.1) is 11.2 Å². The zero-order chi connectivity index (χ0) is 14.3. The third-order valence-electron chi connectivity index (χ3n) is 3.79. The number of hydrogen-bond donors (Lipinski definition) is 1. The molecule has 1 aromatic carbocycles. The largest absolute Gasteiger partial charge is 0.367 e. The Labute approximate surface area is 118 Å². The van der Waals surface area contributed by atoms with Gasteiger partial charge in [-0.3, -0.25) is 0 Å². The van der Waals surface area contributed by atoms with E-state index in [0.29, 0.717) is 12.0 Å². The van der Waals surface area contributed by atoms with Crippen LogP contribution >= 0.6 is 0 Å². The van der Waals surface area contributed by atoms with Gasteiger partial charge in [-0.05, 0) is 31.9 Å². The van der Waals surface area contributed by atoms with Crippen molar-refractivity contribution in [1.29, 1.82) is 0 Å². The monoisotopic (exact) mass is 268 g/mol. The Morgan fingerprint density at radius 1 is 1.15 bits per heavy atom. The molecule has 104 valence electrons. The maximum absolute atomic E-state index is 4.74. The predicted octanol–water partition coefficient (Wildman–Crippen LogP) is 3.65. The molecular weight excluding hydrogens is 248 g/mol. The number of nitrogens with one attached hydrogen (secondary N) is 1. The highest BCUT2D eigenvalue weighted by atomic mass is 15.3. The molecule has 0 saturated heterocycles. The Morgan fingerprint density at radius 3 is 2.65 bits per heavy atom. The summed E-state index contributed by atoms with van der Waals surface area (Å²) in [4.78, 5) is 4.74. The first kappa shape index (κ1) is 12.9. The van der Waals surface area contributed by atoms with Gasteiger partial charge in [0.2, 0.25) is 0 Å². The van der Waals surface area contributed by atoms with Crippen LogP contribution in [0.3, 0.4) is 0 Å². The van der Waals surface area contributed by atoms with Gasteiger partial charge >= 0.3 is 0 Å². The summed E-state index contributed by atoms with van der Waals surface area (Å²) in [5, 5.41) is 9.16. The number of benzene rings is 1.